The van der Waals surface area contributed by atoms with Crippen LogP contribution < -0.4 is 4.74 Å². The van der Waals surface area contributed by atoms with Crippen molar-refractivity contribution in [3.8, 4) is 11.5 Å². The molecule has 1 aromatic rings. The summed E-state index contributed by atoms with van der Waals surface area (Å²) in [6, 6.07) is 2.78. The van der Waals surface area contributed by atoms with Gasteiger partial charge in [-0.3, -0.25) is 14.9 Å². The lowest BCUT2D eigenvalue weighted by molar-refractivity contribution is -0.386. The summed E-state index contributed by atoms with van der Waals surface area (Å²) < 4.78 is 5.01. The standard InChI is InChI=1S/C18H23NO5/c1-10(2)13-6-5-11(3)14(17(13)20)7-12-8-15(19(22)23)18(21)16(9-12)24-4/h7-11,13,21H,5-6H2,1-4H3/t11-,13+/m0/s1. The summed E-state index contributed by atoms with van der Waals surface area (Å²) in [7, 11) is 1.33. The summed E-state index contributed by atoms with van der Waals surface area (Å²) in [5, 5.41) is 21.0. The van der Waals surface area contributed by atoms with E-state index in [2.05, 4.69) is 0 Å². The van der Waals surface area contributed by atoms with Gasteiger partial charge in [0.05, 0.1) is 12.0 Å². The van der Waals surface area contributed by atoms with Crippen LogP contribution in [-0.4, -0.2) is 22.9 Å². The van der Waals surface area contributed by atoms with E-state index in [1.807, 2.05) is 20.8 Å². The first kappa shape index (κ1) is 18.0. The highest BCUT2D eigenvalue weighted by Gasteiger charge is 2.33. The van der Waals surface area contributed by atoms with Crippen LogP contribution in [0, 0.1) is 27.9 Å². The summed E-state index contributed by atoms with van der Waals surface area (Å²) in [6.07, 6.45) is 3.47. The topological polar surface area (TPSA) is 89.7 Å². The number of methoxy groups -OCH3 is 1. The molecule has 0 aromatic heterocycles. The van der Waals surface area contributed by atoms with E-state index in [1.165, 1.54) is 19.2 Å². The van der Waals surface area contributed by atoms with Crippen molar-refractivity contribution in [1.82, 2.24) is 0 Å². The largest absolute Gasteiger partial charge is 0.500 e. The van der Waals surface area contributed by atoms with Crippen LogP contribution in [-0.2, 0) is 4.79 Å². The van der Waals surface area contributed by atoms with Crippen molar-refractivity contribution >= 4 is 17.5 Å². The van der Waals surface area contributed by atoms with Gasteiger partial charge in [0, 0.05) is 12.0 Å². The maximum absolute atomic E-state index is 12.7. The summed E-state index contributed by atoms with van der Waals surface area (Å²) in [5.74, 6) is -0.0246. The molecule has 0 unspecified atom stereocenters. The molecule has 0 bridgehead atoms. The fourth-order valence-corrected chi connectivity index (χ4v) is 3.19. The molecule has 2 atom stereocenters. The Morgan fingerprint density at radius 3 is 2.58 bits per heavy atom. The average Bonchev–Trinajstić information content (AvgIpc) is 2.51. The Balaban J connectivity index is 2.50. The molecule has 0 saturated heterocycles. The van der Waals surface area contributed by atoms with Gasteiger partial charge in [0.25, 0.3) is 0 Å². The molecule has 1 aliphatic rings. The first-order chi connectivity index (χ1) is 11.3. The third-order valence-corrected chi connectivity index (χ3v) is 4.68. The molecule has 0 amide bonds. The van der Waals surface area contributed by atoms with Crippen molar-refractivity contribution in [2.75, 3.05) is 7.11 Å². The van der Waals surface area contributed by atoms with Gasteiger partial charge in [0.2, 0.25) is 5.75 Å². The van der Waals surface area contributed by atoms with E-state index in [-0.39, 0.29) is 29.3 Å². The van der Waals surface area contributed by atoms with Gasteiger partial charge < -0.3 is 9.84 Å². The Bertz CT molecular complexity index is 693. The van der Waals surface area contributed by atoms with Gasteiger partial charge in [-0.1, -0.05) is 20.8 Å². The summed E-state index contributed by atoms with van der Waals surface area (Å²) >= 11 is 0. The number of hydrogen-bond donors (Lipinski definition) is 1. The van der Waals surface area contributed by atoms with Crippen LogP contribution in [0.25, 0.3) is 6.08 Å². The van der Waals surface area contributed by atoms with E-state index in [9.17, 15) is 20.0 Å². The van der Waals surface area contributed by atoms with Gasteiger partial charge in [-0.25, -0.2) is 0 Å². The maximum atomic E-state index is 12.7. The van der Waals surface area contributed by atoms with Gasteiger partial charge in [-0.2, -0.15) is 0 Å². The van der Waals surface area contributed by atoms with Crippen LogP contribution in [0.3, 0.4) is 0 Å². The molecule has 2 rings (SSSR count). The minimum atomic E-state index is -0.664. The first-order valence-electron chi connectivity index (χ1n) is 8.07. The van der Waals surface area contributed by atoms with Gasteiger partial charge in [-0.15, -0.1) is 0 Å². The van der Waals surface area contributed by atoms with Gasteiger partial charge in [0.1, 0.15) is 0 Å². The number of aromatic hydroxyl groups is 1. The summed E-state index contributed by atoms with van der Waals surface area (Å²) in [5.41, 5.74) is 0.732. The molecule has 1 aliphatic carbocycles. The van der Waals surface area contributed by atoms with Crippen LogP contribution in [0.15, 0.2) is 17.7 Å². The molecule has 1 aromatic carbocycles. The number of Topliss-reactive ketones (excluding diaryl/α,β-unsaturated/α-hetero) is 1. The van der Waals surface area contributed by atoms with E-state index >= 15 is 0 Å². The van der Waals surface area contributed by atoms with E-state index in [0.29, 0.717) is 11.1 Å². The number of benzene rings is 1. The number of ether oxygens (including phenoxy) is 1. The Morgan fingerprint density at radius 1 is 1.38 bits per heavy atom. The molecule has 130 valence electrons. The van der Waals surface area contributed by atoms with Crippen LogP contribution >= 0.6 is 0 Å². The van der Waals surface area contributed by atoms with E-state index in [0.717, 1.165) is 12.8 Å². The van der Waals surface area contributed by atoms with Gasteiger partial charge in [-0.05, 0) is 48.0 Å². The predicted molar refractivity (Wildman–Crippen MR) is 91.0 cm³/mol. The Hall–Kier alpha value is -2.37. The molecular formula is C18H23NO5. The van der Waals surface area contributed by atoms with Crippen molar-refractivity contribution in [3.63, 3.8) is 0 Å². The number of nitro benzene ring substituents is 1. The molecule has 1 N–H and O–H groups in total. The van der Waals surface area contributed by atoms with Gasteiger partial charge in [0.15, 0.2) is 11.5 Å². The molecular weight excluding hydrogens is 310 g/mol. The molecule has 6 heteroatoms. The fraction of sp³-hybridized carbons (Fsp3) is 0.500. The molecule has 0 radical (unpaired) electrons. The summed E-state index contributed by atoms with van der Waals surface area (Å²) in [4.78, 5) is 23.2. The second-order valence-corrected chi connectivity index (χ2v) is 6.64. The summed E-state index contributed by atoms with van der Waals surface area (Å²) in [6.45, 7) is 6.06. The smallest absolute Gasteiger partial charge is 0.315 e. The fourth-order valence-electron chi connectivity index (χ4n) is 3.19. The van der Waals surface area contributed by atoms with Gasteiger partial charge >= 0.3 is 5.69 Å². The normalized spacial score (nSPS) is 22.9. The number of allylic oxidation sites excluding steroid dienone is 1. The Labute approximate surface area is 141 Å². The lowest BCUT2D eigenvalue weighted by atomic mass is 9.73. The van der Waals surface area contributed by atoms with E-state index < -0.39 is 16.4 Å². The minimum absolute atomic E-state index is 0.0125. The van der Waals surface area contributed by atoms with E-state index in [1.54, 1.807) is 6.08 Å². The monoisotopic (exact) mass is 333 g/mol. The SMILES string of the molecule is COc1cc(C=C2C(=O)[C@@H](C(C)C)CC[C@@H]2C)cc([N+](=O)[O-])c1O. The van der Waals surface area contributed by atoms with Crippen LogP contribution in [0.4, 0.5) is 5.69 Å². The van der Waals surface area contributed by atoms with Crippen LogP contribution in [0.2, 0.25) is 0 Å². The molecule has 0 heterocycles. The molecule has 0 spiro atoms. The van der Waals surface area contributed by atoms with E-state index in [4.69, 9.17) is 4.74 Å². The number of carbonyl (C=O) groups excluding carboxylic acids is 1. The number of ketones is 1. The Morgan fingerprint density at radius 2 is 2.04 bits per heavy atom. The lowest BCUT2D eigenvalue weighted by Gasteiger charge is -2.30. The maximum Gasteiger partial charge on any atom is 0.315 e. The van der Waals surface area contributed by atoms with Crippen LogP contribution in [0.5, 0.6) is 11.5 Å². The van der Waals surface area contributed by atoms with Crippen molar-refractivity contribution in [2.24, 2.45) is 17.8 Å². The number of nitrogens with zero attached hydrogens (tertiary/aromatic N) is 1. The number of rotatable bonds is 4. The molecule has 1 fully saturated rings. The number of hydrogen-bond acceptors (Lipinski definition) is 5. The van der Waals surface area contributed by atoms with Crippen molar-refractivity contribution in [1.29, 1.82) is 0 Å². The second kappa shape index (κ2) is 7.03. The first-order valence-corrected chi connectivity index (χ1v) is 8.07. The Kier molecular flexibility index (Phi) is 5.26. The number of phenols is 1. The average molecular weight is 333 g/mol. The highest BCUT2D eigenvalue weighted by molar-refractivity contribution is 6.02. The molecule has 24 heavy (non-hydrogen) atoms. The van der Waals surface area contributed by atoms with Crippen molar-refractivity contribution < 1.29 is 19.6 Å². The quantitative estimate of drug-likeness (QED) is 0.511. The number of carbonyl (C=O) groups is 1. The molecule has 6 nitrogen and oxygen atoms in total. The third kappa shape index (κ3) is 3.42. The molecule has 0 aliphatic heterocycles. The number of phenolic OH excluding ortho intramolecular Hbond substituents is 1. The van der Waals surface area contributed by atoms with Crippen molar-refractivity contribution in [3.05, 3.63) is 33.4 Å². The zero-order valence-corrected chi connectivity index (χ0v) is 14.4. The van der Waals surface area contributed by atoms with Crippen LogP contribution in [0.1, 0.15) is 39.2 Å². The molecule has 1 saturated carbocycles. The zero-order valence-electron chi connectivity index (χ0n) is 14.4. The predicted octanol–water partition coefficient (Wildman–Crippen LogP) is 3.96. The highest BCUT2D eigenvalue weighted by Crippen LogP contribution is 2.39. The lowest BCUT2D eigenvalue weighted by Crippen LogP contribution is -2.30. The highest BCUT2D eigenvalue weighted by atomic mass is 16.6. The second-order valence-electron chi connectivity index (χ2n) is 6.64. The minimum Gasteiger partial charge on any atom is -0.500 e. The zero-order chi connectivity index (χ0) is 18.0. The third-order valence-electron chi connectivity index (χ3n) is 4.68. The number of nitro groups is 1. The van der Waals surface area contributed by atoms with Crippen molar-refractivity contribution in [2.45, 2.75) is 33.6 Å².